The normalized spacial score (nSPS) is 18.8. The van der Waals surface area contributed by atoms with Gasteiger partial charge in [0.2, 0.25) is 0 Å². The summed E-state index contributed by atoms with van der Waals surface area (Å²) in [6, 6.07) is 4.95. The summed E-state index contributed by atoms with van der Waals surface area (Å²) >= 11 is 0. The fourth-order valence-corrected chi connectivity index (χ4v) is 4.05. The predicted molar refractivity (Wildman–Crippen MR) is 94.1 cm³/mol. The van der Waals surface area contributed by atoms with Gasteiger partial charge < -0.3 is 15.6 Å². The van der Waals surface area contributed by atoms with Crippen molar-refractivity contribution in [1.82, 2.24) is 9.88 Å². The Balaban J connectivity index is 1.76. The molecule has 1 saturated heterocycles. The monoisotopic (exact) mass is 317 g/mol. The Labute approximate surface area is 138 Å². The maximum atomic E-state index is 13.6. The van der Waals surface area contributed by atoms with E-state index in [2.05, 4.69) is 23.7 Å². The largest absolute Gasteiger partial charge is 0.361 e. The summed E-state index contributed by atoms with van der Waals surface area (Å²) in [5.74, 6) is 1.44. The number of rotatable bonds is 5. The van der Waals surface area contributed by atoms with Crippen LogP contribution in [-0.2, 0) is 0 Å². The number of benzene rings is 1. The van der Waals surface area contributed by atoms with Crippen molar-refractivity contribution in [3.8, 4) is 0 Å². The zero-order valence-electron chi connectivity index (χ0n) is 14.2. The highest BCUT2D eigenvalue weighted by Gasteiger charge is 2.28. The number of H-pyrrole nitrogens is 1. The zero-order chi connectivity index (χ0) is 16.4. The molecule has 1 aromatic heterocycles. The van der Waals surface area contributed by atoms with Crippen molar-refractivity contribution in [3.63, 3.8) is 0 Å². The van der Waals surface area contributed by atoms with Crippen LogP contribution in [0.15, 0.2) is 24.4 Å². The second-order valence-electron chi connectivity index (χ2n) is 7.31. The van der Waals surface area contributed by atoms with Crippen LogP contribution in [0, 0.1) is 17.7 Å². The Bertz CT molecular complexity index is 641. The van der Waals surface area contributed by atoms with Gasteiger partial charge in [-0.15, -0.1) is 0 Å². The molecule has 2 aromatic rings. The Morgan fingerprint density at radius 1 is 1.30 bits per heavy atom. The summed E-state index contributed by atoms with van der Waals surface area (Å²) in [6.45, 7) is 8.65. The highest BCUT2D eigenvalue weighted by atomic mass is 19.1. The second-order valence-corrected chi connectivity index (χ2v) is 7.31. The fourth-order valence-electron chi connectivity index (χ4n) is 4.05. The van der Waals surface area contributed by atoms with Gasteiger partial charge in [0.1, 0.15) is 5.82 Å². The smallest absolute Gasteiger partial charge is 0.123 e. The van der Waals surface area contributed by atoms with E-state index < -0.39 is 0 Å². The molecule has 1 unspecified atom stereocenters. The van der Waals surface area contributed by atoms with E-state index in [9.17, 15) is 4.39 Å². The molecule has 1 fully saturated rings. The van der Waals surface area contributed by atoms with Crippen LogP contribution in [-0.4, -0.2) is 36.1 Å². The van der Waals surface area contributed by atoms with E-state index in [1.807, 2.05) is 12.3 Å². The van der Waals surface area contributed by atoms with Crippen molar-refractivity contribution >= 4 is 10.9 Å². The third kappa shape index (κ3) is 3.59. The van der Waals surface area contributed by atoms with Gasteiger partial charge in [0.15, 0.2) is 0 Å². The number of aromatic nitrogens is 1. The van der Waals surface area contributed by atoms with E-state index in [0.717, 1.165) is 24.0 Å². The molecule has 126 valence electrons. The summed E-state index contributed by atoms with van der Waals surface area (Å²) < 4.78 is 13.6. The molecule has 3 N–H and O–H groups in total. The average Bonchev–Trinajstić information content (AvgIpc) is 2.92. The number of likely N-dealkylation sites (tertiary alicyclic amines) is 1. The van der Waals surface area contributed by atoms with Gasteiger partial charge in [-0.05, 0) is 68.1 Å². The summed E-state index contributed by atoms with van der Waals surface area (Å²) in [5.41, 5.74) is 8.30. The van der Waals surface area contributed by atoms with Crippen LogP contribution < -0.4 is 5.73 Å². The maximum absolute atomic E-state index is 13.6. The number of fused-ring (bicyclic) bond motifs is 1. The number of hydrogen-bond acceptors (Lipinski definition) is 2. The zero-order valence-corrected chi connectivity index (χ0v) is 14.2. The van der Waals surface area contributed by atoms with Crippen LogP contribution in [0.25, 0.3) is 10.9 Å². The molecule has 0 amide bonds. The maximum Gasteiger partial charge on any atom is 0.123 e. The number of nitrogens with two attached hydrogens (primary N) is 1. The molecule has 0 spiro atoms. The molecule has 1 atom stereocenters. The lowest BCUT2D eigenvalue weighted by atomic mass is 9.80. The minimum absolute atomic E-state index is 0.180. The van der Waals surface area contributed by atoms with Crippen LogP contribution in [0.4, 0.5) is 4.39 Å². The number of hydrogen-bond donors (Lipinski definition) is 2. The molecular weight excluding hydrogens is 289 g/mol. The van der Waals surface area contributed by atoms with Crippen molar-refractivity contribution in [2.45, 2.75) is 32.6 Å². The Morgan fingerprint density at radius 3 is 2.70 bits per heavy atom. The molecule has 0 saturated carbocycles. The third-order valence-corrected chi connectivity index (χ3v) is 5.15. The molecule has 3 rings (SSSR count). The fraction of sp³-hybridized carbons (Fsp3) is 0.579. The summed E-state index contributed by atoms with van der Waals surface area (Å²) in [5, 5.41) is 0.991. The van der Waals surface area contributed by atoms with Gasteiger partial charge in [0, 0.05) is 29.6 Å². The van der Waals surface area contributed by atoms with Gasteiger partial charge in [0.05, 0.1) is 0 Å². The van der Waals surface area contributed by atoms with Crippen molar-refractivity contribution in [1.29, 1.82) is 0 Å². The molecule has 4 heteroatoms. The molecule has 3 nitrogen and oxygen atoms in total. The number of nitrogens with zero attached hydrogens (tertiary/aromatic N) is 1. The van der Waals surface area contributed by atoms with Crippen LogP contribution in [0.1, 0.15) is 38.2 Å². The first kappa shape index (κ1) is 16.5. The van der Waals surface area contributed by atoms with Gasteiger partial charge in [-0.25, -0.2) is 4.39 Å². The van der Waals surface area contributed by atoms with Crippen molar-refractivity contribution < 1.29 is 4.39 Å². The standard InChI is InChI=1S/C19H28FN3/c1-13(2)12-23-7-5-14(6-8-23)17(10-21)18-11-22-19-4-3-15(20)9-16(18)19/h3-4,9,11,13-14,17,22H,5-8,10,12,21H2,1-2H3. The van der Waals surface area contributed by atoms with Crippen molar-refractivity contribution in [2.75, 3.05) is 26.2 Å². The molecule has 1 aliphatic rings. The first-order valence-electron chi connectivity index (χ1n) is 8.77. The summed E-state index contributed by atoms with van der Waals surface area (Å²) in [6.07, 6.45) is 4.38. The highest BCUT2D eigenvalue weighted by molar-refractivity contribution is 5.83. The van der Waals surface area contributed by atoms with E-state index in [0.29, 0.717) is 24.3 Å². The predicted octanol–water partition coefficient (Wildman–Crippen LogP) is 3.72. The summed E-state index contributed by atoms with van der Waals surface area (Å²) in [4.78, 5) is 5.83. The summed E-state index contributed by atoms with van der Waals surface area (Å²) in [7, 11) is 0. The van der Waals surface area contributed by atoms with Crippen LogP contribution in [0.2, 0.25) is 0 Å². The van der Waals surface area contributed by atoms with E-state index in [4.69, 9.17) is 5.73 Å². The Morgan fingerprint density at radius 2 is 2.04 bits per heavy atom. The van der Waals surface area contributed by atoms with Gasteiger partial charge in [0.25, 0.3) is 0 Å². The lowest BCUT2D eigenvalue weighted by Crippen LogP contribution is -2.38. The van der Waals surface area contributed by atoms with Crippen molar-refractivity contribution in [2.24, 2.45) is 17.6 Å². The SMILES string of the molecule is CC(C)CN1CCC(C(CN)c2c[nH]c3ccc(F)cc23)CC1. The number of halogens is 1. The minimum atomic E-state index is -0.180. The van der Waals surface area contributed by atoms with E-state index >= 15 is 0 Å². The molecule has 1 aliphatic heterocycles. The molecule has 0 radical (unpaired) electrons. The Kier molecular flexibility index (Phi) is 5.02. The molecule has 2 heterocycles. The van der Waals surface area contributed by atoms with E-state index in [1.165, 1.54) is 31.0 Å². The first-order chi connectivity index (χ1) is 11.1. The number of aromatic amines is 1. The number of nitrogens with one attached hydrogen (secondary N) is 1. The molecule has 0 bridgehead atoms. The first-order valence-corrected chi connectivity index (χ1v) is 8.77. The third-order valence-electron chi connectivity index (χ3n) is 5.15. The second kappa shape index (κ2) is 7.02. The molecule has 1 aromatic carbocycles. The lowest BCUT2D eigenvalue weighted by Gasteiger charge is -2.36. The topological polar surface area (TPSA) is 45.0 Å². The van der Waals surface area contributed by atoms with E-state index in [-0.39, 0.29) is 5.82 Å². The van der Waals surface area contributed by atoms with Crippen molar-refractivity contribution in [3.05, 3.63) is 35.8 Å². The van der Waals surface area contributed by atoms with Crippen LogP contribution in [0.3, 0.4) is 0 Å². The molecule has 23 heavy (non-hydrogen) atoms. The van der Waals surface area contributed by atoms with Gasteiger partial charge in [-0.3, -0.25) is 0 Å². The van der Waals surface area contributed by atoms with Gasteiger partial charge in [-0.1, -0.05) is 13.8 Å². The van der Waals surface area contributed by atoms with Crippen LogP contribution >= 0.6 is 0 Å². The molecular formula is C19H28FN3. The minimum Gasteiger partial charge on any atom is -0.361 e. The van der Waals surface area contributed by atoms with Crippen LogP contribution in [0.5, 0.6) is 0 Å². The highest BCUT2D eigenvalue weighted by Crippen LogP contribution is 2.36. The van der Waals surface area contributed by atoms with Gasteiger partial charge in [-0.2, -0.15) is 0 Å². The van der Waals surface area contributed by atoms with E-state index in [1.54, 1.807) is 6.07 Å². The average molecular weight is 317 g/mol. The van der Waals surface area contributed by atoms with Gasteiger partial charge >= 0.3 is 0 Å². The quantitative estimate of drug-likeness (QED) is 0.883. The lowest BCUT2D eigenvalue weighted by molar-refractivity contribution is 0.155. The Hall–Kier alpha value is -1.39. The molecule has 0 aliphatic carbocycles. The number of piperidine rings is 1.